The summed E-state index contributed by atoms with van der Waals surface area (Å²) in [6.45, 7) is 0. The lowest BCUT2D eigenvalue weighted by molar-refractivity contribution is 0.715. The maximum Gasteiger partial charge on any atom is 0.162 e. The van der Waals surface area contributed by atoms with Crippen molar-refractivity contribution < 1.29 is 0 Å². The highest BCUT2D eigenvalue weighted by Gasteiger charge is 2.24. The summed E-state index contributed by atoms with van der Waals surface area (Å²) in [6.07, 6.45) is 6.77. The van der Waals surface area contributed by atoms with Crippen LogP contribution in [0.4, 0.5) is 0 Å². The number of rotatable bonds is 3. The van der Waals surface area contributed by atoms with Crippen LogP contribution in [0, 0.1) is 0 Å². The highest BCUT2D eigenvalue weighted by atomic mass is 35.5. The molecule has 2 aromatic rings. The van der Waals surface area contributed by atoms with Crippen molar-refractivity contribution in [3.8, 4) is 11.4 Å². The number of nitrogens with zero attached hydrogens (tertiary/aromatic N) is 2. The quantitative estimate of drug-likeness (QED) is 0.520. The highest BCUT2D eigenvalue weighted by molar-refractivity contribution is 7.98. The molecular weight excluding hydrogens is 323 g/mol. The van der Waals surface area contributed by atoms with Gasteiger partial charge in [-0.3, -0.25) is 0 Å². The zero-order valence-corrected chi connectivity index (χ0v) is 14.1. The van der Waals surface area contributed by atoms with E-state index in [1.807, 2.05) is 12.1 Å². The SMILES string of the molecule is CSc1ccc(-c2nc(Cl)c(C3CCCC3)c(Cl)n2)cc1. The van der Waals surface area contributed by atoms with E-state index in [-0.39, 0.29) is 0 Å². The van der Waals surface area contributed by atoms with E-state index < -0.39 is 0 Å². The zero-order chi connectivity index (χ0) is 14.8. The van der Waals surface area contributed by atoms with Gasteiger partial charge in [-0.2, -0.15) is 0 Å². The van der Waals surface area contributed by atoms with Crippen LogP contribution < -0.4 is 0 Å². The lowest BCUT2D eigenvalue weighted by Crippen LogP contribution is -2.01. The summed E-state index contributed by atoms with van der Waals surface area (Å²) in [5.74, 6) is 1.01. The van der Waals surface area contributed by atoms with E-state index in [9.17, 15) is 0 Å². The predicted molar refractivity (Wildman–Crippen MR) is 90.5 cm³/mol. The van der Waals surface area contributed by atoms with Crippen molar-refractivity contribution in [2.24, 2.45) is 0 Å². The molecule has 1 heterocycles. The van der Waals surface area contributed by atoms with E-state index in [2.05, 4.69) is 28.4 Å². The summed E-state index contributed by atoms with van der Waals surface area (Å²) in [4.78, 5) is 10.1. The minimum Gasteiger partial charge on any atom is -0.216 e. The summed E-state index contributed by atoms with van der Waals surface area (Å²) in [6, 6.07) is 8.11. The Labute approximate surface area is 139 Å². The van der Waals surface area contributed by atoms with Crippen LogP contribution in [0.25, 0.3) is 11.4 Å². The van der Waals surface area contributed by atoms with Gasteiger partial charge in [-0.05, 0) is 37.1 Å². The third kappa shape index (κ3) is 3.20. The van der Waals surface area contributed by atoms with Crippen LogP contribution in [0.3, 0.4) is 0 Å². The zero-order valence-electron chi connectivity index (χ0n) is 11.8. The Balaban J connectivity index is 1.96. The van der Waals surface area contributed by atoms with Gasteiger partial charge in [0.15, 0.2) is 5.82 Å². The van der Waals surface area contributed by atoms with Gasteiger partial charge in [-0.15, -0.1) is 11.8 Å². The molecule has 0 N–H and O–H groups in total. The van der Waals surface area contributed by atoms with Gasteiger partial charge in [0, 0.05) is 16.0 Å². The van der Waals surface area contributed by atoms with Gasteiger partial charge in [-0.25, -0.2) is 9.97 Å². The Morgan fingerprint density at radius 2 is 1.57 bits per heavy atom. The maximum absolute atomic E-state index is 6.38. The van der Waals surface area contributed by atoms with Gasteiger partial charge in [0.25, 0.3) is 0 Å². The second-order valence-electron chi connectivity index (χ2n) is 5.25. The largest absolute Gasteiger partial charge is 0.216 e. The van der Waals surface area contributed by atoms with Gasteiger partial charge in [0.1, 0.15) is 10.3 Å². The summed E-state index contributed by atoms with van der Waals surface area (Å²) in [5.41, 5.74) is 1.87. The summed E-state index contributed by atoms with van der Waals surface area (Å²) in [7, 11) is 0. The molecule has 3 rings (SSSR count). The first-order chi connectivity index (χ1) is 10.2. The van der Waals surface area contributed by atoms with E-state index >= 15 is 0 Å². The molecule has 1 aromatic heterocycles. The van der Waals surface area contributed by atoms with E-state index in [0.717, 1.165) is 24.0 Å². The third-order valence-corrected chi connectivity index (χ3v) is 5.28. The van der Waals surface area contributed by atoms with Crippen LogP contribution in [0.15, 0.2) is 29.2 Å². The Morgan fingerprint density at radius 1 is 1.00 bits per heavy atom. The van der Waals surface area contributed by atoms with Gasteiger partial charge >= 0.3 is 0 Å². The maximum atomic E-state index is 6.38. The molecule has 1 aliphatic rings. The Hall–Kier alpha value is -0.770. The van der Waals surface area contributed by atoms with E-state index in [1.165, 1.54) is 17.7 Å². The third-order valence-electron chi connectivity index (χ3n) is 3.96. The lowest BCUT2D eigenvalue weighted by Gasteiger charge is -2.13. The molecule has 1 saturated carbocycles. The van der Waals surface area contributed by atoms with E-state index in [0.29, 0.717) is 22.0 Å². The summed E-state index contributed by atoms with van der Waals surface area (Å²) in [5, 5.41) is 1.01. The number of thioether (sulfide) groups is 1. The summed E-state index contributed by atoms with van der Waals surface area (Å²) >= 11 is 14.5. The molecule has 1 aromatic carbocycles. The molecule has 0 amide bonds. The number of halogens is 2. The first kappa shape index (κ1) is 15.1. The lowest BCUT2D eigenvalue weighted by atomic mass is 10.0. The first-order valence-electron chi connectivity index (χ1n) is 7.06. The molecule has 1 aliphatic carbocycles. The first-order valence-corrected chi connectivity index (χ1v) is 9.04. The Bertz CT molecular complexity index is 614. The van der Waals surface area contributed by atoms with Crippen molar-refractivity contribution in [3.05, 3.63) is 40.1 Å². The van der Waals surface area contributed by atoms with Crippen LogP contribution in [-0.2, 0) is 0 Å². The average Bonchev–Trinajstić information content (AvgIpc) is 3.00. The fraction of sp³-hybridized carbons (Fsp3) is 0.375. The van der Waals surface area contributed by atoms with Crippen LogP contribution in [-0.4, -0.2) is 16.2 Å². The average molecular weight is 339 g/mol. The fourth-order valence-corrected chi connectivity index (χ4v) is 3.94. The van der Waals surface area contributed by atoms with Gasteiger partial charge in [0.05, 0.1) is 0 Å². The Morgan fingerprint density at radius 3 is 2.10 bits per heavy atom. The molecule has 0 saturated heterocycles. The van der Waals surface area contributed by atoms with Crippen LogP contribution in [0.2, 0.25) is 10.3 Å². The van der Waals surface area contributed by atoms with Crippen LogP contribution in [0.5, 0.6) is 0 Å². The highest BCUT2D eigenvalue weighted by Crippen LogP contribution is 2.40. The fourth-order valence-electron chi connectivity index (χ4n) is 2.84. The molecule has 0 radical (unpaired) electrons. The molecule has 110 valence electrons. The van der Waals surface area contributed by atoms with Crippen LogP contribution >= 0.6 is 35.0 Å². The van der Waals surface area contributed by atoms with Gasteiger partial charge in [0.2, 0.25) is 0 Å². The van der Waals surface area contributed by atoms with Crippen molar-refractivity contribution in [1.82, 2.24) is 9.97 Å². The van der Waals surface area contributed by atoms with Crippen molar-refractivity contribution in [3.63, 3.8) is 0 Å². The van der Waals surface area contributed by atoms with Crippen molar-refractivity contribution in [2.45, 2.75) is 36.5 Å². The number of benzene rings is 1. The molecule has 21 heavy (non-hydrogen) atoms. The second-order valence-corrected chi connectivity index (χ2v) is 6.85. The number of aromatic nitrogens is 2. The topological polar surface area (TPSA) is 25.8 Å². The standard InChI is InChI=1S/C16H16Cl2N2S/c1-21-12-8-6-11(7-9-12)16-19-14(17)13(15(18)20-16)10-4-2-3-5-10/h6-10H,2-5H2,1H3. The molecule has 1 fully saturated rings. The molecular formula is C16H16Cl2N2S. The Kier molecular flexibility index (Phi) is 4.72. The molecule has 0 aliphatic heterocycles. The van der Waals surface area contributed by atoms with Crippen molar-refractivity contribution in [2.75, 3.05) is 6.26 Å². The minimum atomic E-state index is 0.415. The number of hydrogen-bond acceptors (Lipinski definition) is 3. The predicted octanol–water partition coefficient (Wildman–Crippen LogP) is 5.83. The molecule has 0 spiro atoms. The molecule has 0 atom stereocenters. The minimum absolute atomic E-state index is 0.415. The van der Waals surface area contributed by atoms with Crippen molar-refractivity contribution in [1.29, 1.82) is 0 Å². The molecule has 2 nitrogen and oxygen atoms in total. The van der Waals surface area contributed by atoms with Gasteiger partial charge < -0.3 is 0 Å². The smallest absolute Gasteiger partial charge is 0.162 e. The second kappa shape index (κ2) is 6.55. The van der Waals surface area contributed by atoms with Crippen molar-refractivity contribution >= 4 is 35.0 Å². The normalized spacial score (nSPS) is 15.6. The molecule has 0 bridgehead atoms. The monoisotopic (exact) mass is 338 g/mol. The van der Waals surface area contributed by atoms with Gasteiger partial charge in [-0.1, -0.05) is 48.2 Å². The molecule has 5 heteroatoms. The number of hydrogen-bond donors (Lipinski definition) is 0. The van der Waals surface area contributed by atoms with E-state index in [1.54, 1.807) is 11.8 Å². The molecule has 0 unspecified atom stereocenters. The van der Waals surface area contributed by atoms with E-state index in [4.69, 9.17) is 23.2 Å². The van der Waals surface area contributed by atoms with Crippen LogP contribution in [0.1, 0.15) is 37.2 Å². The summed E-state index contributed by atoms with van der Waals surface area (Å²) < 4.78 is 0.